The maximum atomic E-state index is 14.6. The number of piperidine rings is 1. The van der Waals surface area contributed by atoms with Crippen LogP contribution in [0, 0.1) is 24.7 Å². The minimum Gasteiger partial charge on any atom is -0.480 e. The Morgan fingerprint density at radius 2 is 1.89 bits per heavy atom. The zero-order chi connectivity index (χ0) is 26.7. The van der Waals surface area contributed by atoms with Crippen molar-refractivity contribution in [2.45, 2.75) is 69.8 Å². The van der Waals surface area contributed by atoms with E-state index in [2.05, 4.69) is 46.0 Å². The molecule has 1 aliphatic carbocycles. The van der Waals surface area contributed by atoms with Gasteiger partial charge in [0.15, 0.2) is 0 Å². The largest absolute Gasteiger partial charge is 0.480 e. The summed E-state index contributed by atoms with van der Waals surface area (Å²) < 4.78 is 29.3. The van der Waals surface area contributed by atoms with Crippen molar-refractivity contribution in [3.63, 3.8) is 0 Å². The Balaban J connectivity index is 1.18. The van der Waals surface area contributed by atoms with E-state index >= 15 is 0 Å². The van der Waals surface area contributed by atoms with Crippen molar-refractivity contribution in [1.29, 1.82) is 0 Å². The lowest BCUT2D eigenvalue weighted by molar-refractivity contribution is -0.143. The molecule has 0 spiro atoms. The van der Waals surface area contributed by atoms with Crippen molar-refractivity contribution in [3.05, 3.63) is 65.5 Å². The SMILES string of the molecule is Cc1cccc(C2CN(C(CC3CC3)C(=O)O)CC2CN2CCC(CCC(F)(F)c3cccnc3)CC2)c1. The summed E-state index contributed by atoms with van der Waals surface area (Å²) >= 11 is 0. The predicted molar refractivity (Wildman–Crippen MR) is 144 cm³/mol. The lowest BCUT2D eigenvalue weighted by Crippen LogP contribution is -2.42. The fourth-order valence-corrected chi connectivity index (χ4v) is 6.60. The maximum Gasteiger partial charge on any atom is 0.320 e. The standard InChI is InChI=1S/C31H41F2N3O2/c1-22-4-2-5-25(16-22)28-21-36(29(30(37)38)17-24-7-8-24)20-26(28)19-35-14-10-23(11-15-35)9-12-31(32,33)27-6-3-13-34-18-27/h2-6,13,16,18,23-24,26,28-29H,7-12,14-15,17,19-21H2,1H3,(H,37,38). The van der Waals surface area contributed by atoms with E-state index in [1.807, 2.05) is 0 Å². The molecular formula is C31H41F2N3O2. The van der Waals surface area contributed by atoms with Gasteiger partial charge < -0.3 is 10.0 Å². The third-order valence-electron chi connectivity index (χ3n) is 9.07. The first kappa shape index (κ1) is 27.2. The van der Waals surface area contributed by atoms with Crippen molar-refractivity contribution in [3.8, 4) is 0 Å². The summed E-state index contributed by atoms with van der Waals surface area (Å²) in [6.07, 6.45) is 8.15. The summed E-state index contributed by atoms with van der Waals surface area (Å²) in [4.78, 5) is 20.8. The maximum absolute atomic E-state index is 14.6. The van der Waals surface area contributed by atoms with Crippen LogP contribution in [0.5, 0.6) is 0 Å². The van der Waals surface area contributed by atoms with E-state index in [1.54, 1.807) is 6.07 Å². The molecule has 5 nitrogen and oxygen atoms in total. The number of aromatic nitrogens is 1. The summed E-state index contributed by atoms with van der Waals surface area (Å²) in [5.41, 5.74) is 2.55. The molecule has 1 aromatic heterocycles. The molecule has 1 aromatic carbocycles. The molecule has 0 radical (unpaired) electrons. The van der Waals surface area contributed by atoms with E-state index < -0.39 is 17.9 Å². The average molecular weight is 526 g/mol. The first-order chi connectivity index (χ1) is 18.3. The van der Waals surface area contributed by atoms with Gasteiger partial charge in [0.05, 0.1) is 0 Å². The highest BCUT2D eigenvalue weighted by Gasteiger charge is 2.42. The van der Waals surface area contributed by atoms with E-state index in [-0.39, 0.29) is 12.0 Å². The minimum absolute atomic E-state index is 0.00626. The van der Waals surface area contributed by atoms with Gasteiger partial charge in [0.25, 0.3) is 5.92 Å². The van der Waals surface area contributed by atoms with Crippen molar-refractivity contribution in [1.82, 2.24) is 14.8 Å². The summed E-state index contributed by atoms with van der Waals surface area (Å²) in [5, 5.41) is 10.0. The smallest absolute Gasteiger partial charge is 0.320 e. The Hall–Kier alpha value is -2.38. The number of likely N-dealkylation sites (tertiary alicyclic amines) is 2. The van der Waals surface area contributed by atoms with E-state index in [4.69, 9.17) is 0 Å². The van der Waals surface area contributed by atoms with Crippen LogP contribution in [0.2, 0.25) is 0 Å². The van der Waals surface area contributed by atoms with Gasteiger partial charge in [-0.3, -0.25) is 14.7 Å². The second kappa shape index (κ2) is 11.8. The first-order valence-electron chi connectivity index (χ1n) is 14.3. The quantitative estimate of drug-likeness (QED) is 0.393. The number of hydrogen-bond donors (Lipinski definition) is 1. The van der Waals surface area contributed by atoms with Crippen LogP contribution in [0.25, 0.3) is 0 Å². The van der Waals surface area contributed by atoms with Gasteiger partial charge in [0, 0.05) is 49.9 Å². The third kappa shape index (κ3) is 6.78. The number of nitrogens with zero attached hydrogens (tertiary/aromatic N) is 3. The Bertz CT molecular complexity index is 1070. The fourth-order valence-electron chi connectivity index (χ4n) is 6.60. The summed E-state index contributed by atoms with van der Waals surface area (Å²) in [6, 6.07) is 11.3. The number of aryl methyl sites for hydroxylation is 1. The highest BCUT2D eigenvalue weighted by Crippen LogP contribution is 2.40. The molecule has 38 heavy (non-hydrogen) atoms. The summed E-state index contributed by atoms with van der Waals surface area (Å²) in [6.45, 7) is 6.48. The molecule has 2 aromatic rings. The van der Waals surface area contributed by atoms with E-state index in [1.165, 1.54) is 29.6 Å². The second-order valence-electron chi connectivity index (χ2n) is 12.0. The van der Waals surface area contributed by atoms with E-state index in [9.17, 15) is 18.7 Å². The minimum atomic E-state index is -2.83. The van der Waals surface area contributed by atoms with E-state index in [0.717, 1.165) is 64.8 Å². The predicted octanol–water partition coefficient (Wildman–Crippen LogP) is 5.94. The molecule has 3 heterocycles. The van der Waals surface area contributed by atoms with Crippen LogP contribution >= 0.6 is 0 Å². The van der Waals surface area contributed by atoms with Crippen LogP contribution in [0.15, 0.2) is 48.8 Å². The van der Waals surface area contributed by atoms with Gasteiger partial charge in [-0.1, -0.05) is 42.7 Å². The lowest BCUT2D eigenvalue weighted by atomic mass is 9.86. The molecule has 1 N–H and O–H groups in total. The molecule has 3 atom stereocenters. The monoisotopic (exact) mass is 525 g/mol. The van der Waals surface area contributed by atoms with Crippen LogP contribution in [-0.4, -0.2) is 64.6 Å². The molecule has 3 unspecified atom stereocenters. The van der Waals surface area contributed by atoms with Crippen LogP contribution < -0.4 is 0 Å². The van der Waals surface area contributed by atoms with Crippen molar-refractivity contribution < 1.29 is 18.7 Å². The van der Waals surface area contributed by atoms with Gasteiger partial charge in [-0.15, -0.1) is 0 Å². The van der Waals surface area contributed by atoms with Gasteiger partial charge in [-0.25, -0.2) is 8.78 Å². The Morgan fingerprint density at radius 3 is 2.55 bits per heavy atom. The lowest BCUT2D eigenvalue weighted by Gasteiger charge is -2.35. The van der Waals surface area contributed by atoms with Gasteiger partial charge in [-0.05, 0) is 81.1 Å². The van der Waals surface area contributed by atoms with Crippen molar-refractivity contribution in [2.24, 2.45) is 17.8 Å². The zero-order valence-corrected chi connectivity index (χ0v) is 22.4. The molecule has 1 saturated carbocycles. The number of carbonyl (C=O) groups is 1. The molecule has 0 bridgehead atoms. The number of alkyl halides is 2. The molecule has 5 rings (SSSR count). The molecule has 206 valence electrons. The molecular weight excluding hydrogens is 484 g/mol. The Morgan fingerprint density at radius 1 is 1.11 bits per heavy atom. The molecule has 2 saturated heterocycles. The first-order valence-corrected chi connectivity index (χ1v) is 14.3. The number of benzene rings is 1. The van der Waals surface area contributed by atoms with Crippen LogP contribution in [-0.2, 0) is 10.7 Å². The summed E-state index contributed by atoms with van der Waals surface area (Å²) in [5.74, 6) is -1.96. The number of aliphatic carboxylic acids is 1. The Labute approximate surface area is 225 Å². The van der Waals surface area contributed by atoms with Gasteiger partial charge in [0.2, 0.25) is 0 Å². The van der Waals surface area contributed by atoms with Gasteiger partial charge >= 0.3 is 5.97 Å². The number of carboxylic acid groups (broad SMARTS) is 1. The number of rotatable bonds is 11. The second-order valence-corrected chi connectivity index (χ2v) is 12.0. The number of pyridine rings is 1. The van der Waals surface area contributed by atoms with Crippen LogP contribution in [0.1, 0.15) is 67.6 Å². The molecule has 3 aliphatic rings. The fraction of sp³-hybridized carbons (Fsp3) is 0.613. The molecule has 7 heteroatoms. The highest BCUT2D eigenvalue weighted by atomic mass is 19.3. The normalized spacial score (nSPS) is 24.5. The number of halogens is 2. The average Bonchev–Trinajstić information content (AvgIpc) is 3.65. The van der Waals surface area contributed by atoms with E-state index in [0.29, 0.717) is 30.1 Å². The van der Waals surface area contributed by atoms with Crippen molar-refractivity contribution >= 4 is 5.97 Å². The molecule has 3 fully saturated rings. The third-order valence-corrected chi connectivity index (χ3v) is 9.07. The van der Waals surface area contributed by atoms with Crippen LogP contribution in [0.4, 0.5) is 8.78 Å². The Kier molecular flexibility index (Phi) is 8.44. The van der Waals surface area contributed by atoms with Gasteiger partial charge in [-0.2, -0.15) is 0 Å². The number of hydrogen-bond acceptors (Lipinski definition) is 4. The topological polar surface area (TPSA) is 56.7 Å². The molecule has 2 aliphatic heterocycles. The van der Waals surface area contributed by atoms with Crippen molar-refractivity contribution in [2.75, 3.05) is 32.7 Å². The number of carboxylic acids is 1. The summed E-state index contributed by atoms with van der Waals surface area (Å²) in [7, 11) is 0. The molecule has 0 amide bonds. The van der Waals surface area contributed by atoms with Gasteiger partial charge in [0.1, 0.15) is 6.04 Å². The zero-order valence-electron chi connectivity index (χ0n) is 22.4. The highest BCUT2D eigenvalue weighted by molar-refractivity contribution is 5.73. The van der Waals surface area contributed by atoms with Crippen LogP contribution in [0.3, 0.4) is 0 Å².